The average Bonchev–Trinajstić information content (AvgIpc) is 2.81. The fourth-order valence-electron chi connectivity index (χ4n) is 3.88. The van der Waals surface area contributed by atoms with Gasteiger partial charge in [-0.3, -0.25) is 14.6 Å². The van der Waals surface area contributed by atoms with Gasteiger partial charge in [-0.15, -0.1) is 0 Å². The van der Waals surface area contributed by atoms with E-state index in [-0.39, 0.29) is 17.9 Å². The van der Waals surface area contributed by atoms with E-state index in [0.717, 1.165) is 24.8 Å². The zero-order valence-electron chi connectivity index (χ0n) is 17.8. The van der Waals surface area contributed by atoms with Crippen molar-refractivity contribution in [3.05, 3.63) is 82.7 Å². The Kier molecular flexibility index (Phi) is 6.75. The van der Waals surface area contributed by atoms with E-state index in [1.165, 1.54) is 0 Å². The molecule has 0 aliphatic carbocycles. The lowest BCUT2D eigenvalue weighted by atomic mass is 10.00. The smallest absolute Gasteiger partial charge is 0.259 e. The van der Waals surface area contributed by atoms with Crippen LogP contribution in [0.1, 0.15) is 52.7 Å². The van der Waals surface area contributed by atoms with Gasteiger partial charge in [0.15, 0.2) is 5.82 Å². The van der Waals surface area contributed by atoms with Crippen molar-refractivity contribution in [2.45, 2.75) is 38.6 Å². The van der Waals surface area contributed by atoms with Crippen molar-refractivity contribution in [1.82, 2.24) is 19.9 Å². The van der Waals surface area contributed by atoms with Gasteiger partial charge in [-0.1, -0.05) is 11.6 Å². The lowest BCUT2D eigenvalue weighted by Gasteiger charge is -2.35. The van der Waals surface area contributed by atoms with Crippen LogP contribution in [0.2, 0.25) is 5.02 Å². The van der Waals surface area contributed by atoms with E-state index in [0.29, 0.717) is 40.8 Å². The minimum atomic E-state index is -0.286. The molecule has 2 aromatic heterocycles. The molecular weight excluding hydrogens is 426 g/mol. The fourth-order valence-corrected chi connectivity index (χ4v) is 4.00. The number of pyridine rings is 1. The Morgan fingerprint density at radius 3 is 2.59 bits per heavy atom. The topological polar surface area (TPSA) is 88.1 Å². The Morgan fingerprint density at radius 1 is 1.12 bits per heavy atom. The summed E-state index contributed by atoms with van der Waals surface area (Å²) >= 11 is 5.90. The van der Waals surface area contributed by atoms with Crippen molar-refractivity contribution in [2.24, 2.45) is 0 Å². The Hall–Kier alpha value is -3.32. The van der Waals surface area contributed by atoms with Gasteiger partial charge in [-0.05, 0) is 68.1 Å². The number of aryl methyl sites for hydroxylation is 1. The predicted octanol–water partition coefficient (Wildman–Crippen LogP) is 4.38. The molecule has 1 saturated heterocycles. The number of nitrogens with one attached hydrogen (secondary N) is 1. The largest absolute Gasteiger partial charge is 0.332 e. The van der Waals surface area contributed by atoms with E-state index in [1.807, 2.05) is 17.0 Å². The zero-order valence-corrected chi connectivity index (χ0v) is 18.5. The fraction of sp³-hybridized carbons (Fsp3) is 0.292. The molecule has 32 heavy (non-hydrogen) atoms. The quantitative estimate of drug-likeness (QED) is 0.624. The number of benzene rings is 1. The van der Waals surface area contributed by atoms with Gasteiger partial charge in [-0.2, -0.15) is 0 Å². The van der Waals surface area contributed by atoms with E-state index >= 15 is 0 Å². The molecule has 4 rings (SSSR count). The number of carbonyl (C=O) groups is 2. The normalized spacial score (nSPS) is 15.9. The van der Waals surface area contributed by atoms with Crippen molar-refractivity contribution in [3.8, 4) is 0 Å². The van der Waals surface area contributed by atoms with Gasteiger partial charge >= 0.3 is 0 Å². The predicted molar refractivity (Wildman–Crippen MR) is 122 cm³/mol. The molecule has 1 N–H and O–H groups in total. The average molecular weight is 450 g/mol. The molecular formula is C24H24ClN5O2. The molecule has 0 unspecified atom stereocenters. The number of aromatic nitrogens is 3. The van der Waals surface area contributed by atoms with Crippen molar-refractivity contribution >= 4 is 29.1 Å². The lowest BCUT2D eigenvalue weighted by Crippen LogP contribution is -2.40. The minimum Gasteiger partial charge on any atom is -0.332 e. The third-order valence-corrected chi connectivity index (χ3v) is 5.82. The second kappa shape index (κ2) is 9.87. The van der Waals surface area contributed by atoms with E-state index in [4.69, 9.17) is 11.6 Å². The summed E-state index contributed by atoms with van der Waals surface area (Å²) in [6, 6.07) is 10.4. The number of carbonyl (C=O) groups excluding carboxylic acids is 2. The van der Waals surface area contributed by atoms with Crippen LogP contribution in [0, 0.1) is 6.92 Å². The molecule has 1 aliphatic rings. The zero-order chi connectivity index (χ0) is 22.5. The van der Waals surface area contributed by atoms with Gasteiger partial charge in [0.2, 0.25) is 5.91 Å². The lowest BCUT2D eigenvalue weighted by molar-refractivity contribution is -0.134. The Bertz CT molecular complexity index is 1110. The summed E-state index contributed by atoms with van der Waals surface area (Å²) < 4.78 is 0. The molecule has 164 valence electrons. The molecule has 1 aromatic carbocycles. The highest BCUT2D eigenvalue weighted by Crippen LogP contribution is 2.30. The van der Waals surface area contributed by atoms with Crippen LogP contribution < -0.4 is 5.32 Å². The number of likely N-dealkylation sites (tertiary alicyclic amines) is 1. The van der Waals surface area contributed by atoms with Crippen LogP contribution in [0.3, 0.4) is 0 Å². The van der Waals surface area contributed by atoms with Gasteiger partial charge in [-0.25, -0.2) is 9.97 Å². The maximum atomic E-state index is 13.0. The highest BCUT2D eigenvalue weighted by molar-refractivity contribution is 6.30. The summed E-state index contributed by atoms with van der Waals surface area (Å²) in [5.41, 5.74) is 2.55. The van der Waals surface area contributed by atoms with Crippen LogP contribution in [0.15, 0.2) is 55.0 Å². The first-order valence-corrected chi connectivity index (χ1v) is 11.0. The number of rotatable bonds is 5. The molecule has 1 atom stereocenters. The number of halogens is 1. The van der Waals surface area contributed by atoms with Gasteiger partial charge in [0.1, 0.15) is 0 Å². The van der Waals surface area contributed by atoms with Gasteiger partial charge in [0.25, 0.3) is 5.91 Å². The summed E-state index contributed by atoms with van der Waals surface area (Å²) in [5.74, 6) is 0.339. The van der Waals surface area contributed by atoms with Crippen LogP contribution >= 0.6 is 11.6 Å². The van der Waals surface area contributed by atoms with E-state index in [2.05, 4.69) is 20.3 Å². The second-order valence-corrected chi connectivity index (χ2v) is 8.26. The minimum absolute atomic E-state index is 0.0479. The molecule has 3 aromatic rings. The van der Waals surface area contributed by atoms with E-state index in [1.54, 1.807) is 49.8 Å². The van der Waals surface area contributed by atoms with Crippen LogP contribution in [0.4, 0.5) is 5.69 Å². The molecule has 1 fully saturated rings. The van der Waals surface area contributed by atoms with Gasteiger partial charge < -0.3 is 10.2 Å². The highest BCUT2D eigenvalue weighted by atomic mass is 35.5. The maximum absolute atomic E-state index is 13.0. The van der Waals surface area contributed by atoms with Crippen LogP contribution in [-0.4, -0.2) is 38.2 Å². The number of hydrogen-bond acceptors (Lipinski definition) is 5. The molecule has 1 aliphatic heterocycles. The second-order valence-electron chi connectivity index (χ2n) is 7.82. The van der Waals surface area contributed by atoms with Crippen LogP contribution in [0.25, 0.3) is 0 Å². The number of amides is 2. The standard InChI is InChI=1S/C24H24ClN5O2/c1-16-20(24(32)29-19-7-5-18(25)6-8-19)15-27-23(28-16)21-4-2-3-13-30(21)22(31)14-17-9-11-26-12-10-17/h5-12,15,21H,2-4,13-14H2,1H3,(H,29,32)/t21-/m1/s1. The molecule has 2 amide bonds. The molecule has 7 nitrogen and oxygen atoms in total. The number of anilines is 1. The van der Waals surface area contributed by atoms with Crippen molar-refractivity contribution < 1.29 is 9.59 Å². The molecule has 0 radical (unpaired) electrons. The molecule has 8 heteroatoms. The van der Waals surface area contributed by atoms with Crippen molar-refractivity contribution in [2.75, 3.05) is 11.9 Å². The first-order chi connectivity index (χ1) is 15.5. The first kappa shape index (κ1) is 21.9. The van der Waals surface area contributed by atoms with E-state index < -0.39 is 0 Å². The number of piperidine rings is 1. The summed E-state index contributed by atoms with van der Waals surface area (Å²) in [6.45, 7) is 2.46. The van der Waals surface area contributed by atoms with Crippen molar-refractivity contribution in [3.63, 3.8) is 0 Å². The van der Waals surface area contributed by atoms with E-state index in [9.17, 15) is 9.59 Å². The summed E-state index contributed by atoms with van der Waals surface area (Å²) in [6.07, 6.45) is 8.01. The summed E-state index contributed by atoms with van der Waals surface area (Å²) in [5, 5.41) is 3.43. The third kappa shape index (κ3) is 5.11. The molecule has 0 spiro atoms. The molecule has 0 bridgehead atoms. The van der Waals surface area contributed by atoms with Gasteiger partial charge in [0, 0.05) is 35.8 Å². The monoisotopic (exact) mass is 449 g/mol. The highest BCUT2D eigenvalue weighted by Gasteiger charge is 2.30. The maximum Gasteiger partial charge on any atom is 0.259 e. The number of hydrogen-bond donors (Lipinski definition) is 1. The van der Waals surface area contributed by atoms with Crippen LogP contribution in [-0.2, 0) is 11.2 Å². The summed E-state index contributed by atoms with van der Waals surface area (Å²) in [4.78, 5) is 40.7. The first-order valence-electron chi connectivity index (χ1n) is 10.6. The Morgan fingerprint density at radius 2 is 1.88 bits per heavy atom. The molecule has 0 saturated carbocycles. The van der Waals surface area contributed by atoms with Crippen LogP contribution in [0.5, 0.6) is 0 Å². The summed E-state index contributed by atoms with van der Waals surface area (Å²) in [7, 11) is 0. The Balaban J connectivity index is 1.50. The van der Waals surface area contributed by atoms with Crippen molar-refractivity contribution in [1.29, 1.82) is 0 Å². The Labute approximate surface area is 191 Å². The third-order valence-electron chi connectivity index (χ3n) is 5.57. The number of nitrogens with zero attached hydrogens (tertiary/aromatic N) is 4. The van der Waals surface area contributed by atoms with Gasteiger partial charge in [0.05, 0.1) is 23.7 Å². The SMILES string of the molecule is Cc1nc([C@H]2CCCCN2C(=O)Cc2ccncc2)ncc1C(=O)Nc1ccc(Cl)cc1. The molecule has 3 heterocycles.